The average Bonchev–Trinajstić information content (AvgIpc) is 3.08. The van der Waals surface area contributed by atoms with Crippen molar-refractivity contribution in [3.8, 4) is 23.0 Å². The smallest absolute Gasteiger partial charge is 0.260 e. The van der Waals surface area contributed by atoms with Crippen LogP contribution in [0.4, 0.5) is 5.69 Å². The number of benzene rings is 3. The molecule has 10 heteroatoms. The first-order chi connectivity index (χ1) is 21.7. The van der Waals surface area contributed by atoms with E-state index in [-0.39, 0.29) is 30.7 Å². The number of piperazine rings is 1. The highest BCUT2D eigenvalue weighted by atomic mass is 16.5. The molecule has 0 bridgehead atoms. The minimum Gasteiger partial charge on any atom is -0.497 e. The van der Waals surface area contributed by atoms with Gasteiger partial charge in [-0.15, -0.1) is 0 Å². The van der Waals surface area contributed by atoms with Crippen molar-refractivity contribution in [2.45, 2.75) is 32.7 Å². The van der Waals surface area contributed by atoms with Crippen molar-refractivity contribution >= 4 is 23.4 Å². The van der Waals surface area contributed by atoms with Crippen LogP contribution in [-0.4, -0.2) is 81.6 Å². The Hall–Kier alpha value is -4.73. The van der Waals surface area contributed by atoms with E-state index in [1.807, 2.05) is 61.2 Å². The van der Waals surface area contributed by atoms with Crippen molar-refractivity contribution in [2.24, 2.45) is 5.92 Å². The number of amides is 3. The Kier molecular flexibility index (Phi) is 9.80. The zero-order chi connectivity index (χ0) is 32.1. The number of carbonyl (C=O) groups excluding carboxylic acids is 3. The van der Waals surface area contributed by atoms with Crippen LogP contribution in [0.5, 0.6) is 23.0 Å². The number of methoxy groups -OCH3 is 3. The Labute approximate surface area is 264 Å². The molecular formula is C35H41N3O7. The SMILES string of the molecule is COc1ccc(N2C(=O)CCC(C(=O)N3CCN(C(=O)COc4cccc(C)c4C)CC3)C2c2ccc(OC)c(OC)c2)cc1. The van der Waals surface area contributed by atoms with Crippen molar-refractivity contribution < 1.29 is 33.3 Å². The van der Waals surface area contributed by atoms with Gasteiger partial charge in [0.25, 0.3) is 5.91 Å². The van der Waals surface area contributed by atoms with Gasteiger partial charge >= 0.3 is 0 Å². The van der Waals surface area contributed by atoms with Crippen molar-refractivity contribution in [1.82, 2.24) is 9.80 Å². The molecule has 0 saturated carbocycles. The minimum absolute atomic E-state index is 0.0421. The number of anilines is 1. The summed E-state index contributed by atoms with van der Waals surface area (Å²) in [5.41, 5.74) is 3.57. The fourth-order valence-electron chi connectivity index (χ4n) is 6.14. The van der Waals surface area contributed by atoms with Crippen LogP contribution in [0.2, 0.25) is 0 Å². The molecule has 2 aliphatic rings. The Morgan fingerprint density at radius 3 is 2.16 bits per heavy atom. The fraction of sp³-hybridized carbons (Fsp3) is 0.400. The van der Waals surface area contributed by atoms with Gasteiger partial charge in [0.2, 0.25) is 11.8 Å². The molecule has 3 amide bonds. The van der Waals surface area contributed by atoms with Crippen molar-refractivity contribution in [1.29, 1.82) is 0 Å². The molecule has 0 aromatic heterocycles. The quantitative estimate of drug-likeness (QED) is 0.348. The molecule has 45 heavy (non-hydrogen) atoms. The number of rotatable bonds is 9. The van der Waals surface area contributed by atoms with E-state index in [2.05, 4.69) is 0 Å². The van der Waals surface area contributed by atoms with Crippen molar-refractivity contribution in [3.05, 3.63) is 77.4 Å². The summed E-state index contributed by atoms with van der Waals surface area (Å²) in [5.74, 6) is 1.73. The summed E-state index contributed by atoms with van der Waals surface area (Å²) >= 11 is 0. The van der Waals surface area contributed by atoms with Gasteiger partial charge in [0, 0.05) is 38.3 Å². The maximum absolute atomic E-state index is 14.2. The lowest BCUT2D eigenvalue weighted by Gasteiger charge is -2.44. The van der Waals surface area contributed by atoms with Gasteiger partial charge in [-0.25, -0.2) is 0 Å². The van der Waals surface area contributed by atoms with Gasteiger partial charge < -0.3 is 33.6 Å². The van der Waals surface area contributed by atoms with Gasteiger partial charge in [0.15, 0.2) is 18.1 Å². The fourth-order valence-corrected chi connectivity index (χ4v) is 6.14. The summed E-state index contributed by atoms with van der Waals surface area (Å²) in [6.07, 6.45) is 0.645. The number of hydrogen-bond donors (Lipinski definition) is 0. The van der Waals surface area contributed by atoms with Crippen LogP contribution in [0.25, 0.3) is 0 Å². The molecule has 2 unspecified atom stereocenters. The Morgan fingerprint density at radius 1 is 0.800 bits per heavy atom. The maximum Gasteiger partial charge on any atom is 0.260 e. The van der Waals surface area contributed by atoms with Crippen LogP contribution in [0.1, 0.15) is 35.6 Å². The first kappa shape index (κ1) is 31.7. The molecule has 0 radical (unpaired) electrons. The molecule has 0 spiro atoms. The highest BCUT2D eigenvalue weighted by molar-refractivity contribution is 5.97. The molecule has 5 rings (SSSR count). The van der Waals surface area contributed by atoms with E-state index in [0.717, 1.165) is 16.7 Å². The normalized spacial score (nSPS) is 18.4. The van der Waals surface area contributed by atoms with Crippen LogP contribution in [-0.2, 0) is 14.4 Å². The molecule has 2 saturated heterocycles. The molecule has 2 aliphatic heterocycles. The number of ether oxygens (including phenoxy) is 4. The van der Waals surface area contributed by atoms with Crippen LogP contribution >= 0.6 is 0 Å². The topological polar surface area (TPSA) is 97.9 Å². The largest absolute Gasteiger partial charge is 0.497 e. The summed E-state index contributed by atoms with van der Waals surface area (Å²) in [5, 5.41) is 0. The first-order valence-electron chi connectivity index (χ1n) is 15.2. The summed E-state index contributed by atoms with van der Waals surface area (Å²) < 4.78 is 22.2. The Bertz CT molecular complexity index is 1530. The second-order valence-corrected chi connectivity index (χ2v) is 11.4. The lowest BCUT2D eigenvalue weighted by molar-refractivity contribution is -0.144. The van der Waals surface area contributed by atoms with Crippen molar-refractivity contribution in [3.63, 3.8) is 0 Å². The molecule has 3 aromatic carbocycles. The molecule has 0 N–H and O–H groups in total. The Morgan fingerprint density at radius 2 is 1.49 bits per heavy atom. The first-order valence-corrected chi connectivity index (χ1v) is 15.2. The number of hydrogen-bond acceptors (Lipinski definition) is 7. The summed E-state index contributed by atoms with van der Waals surface area (Å²) in [4.78, 5) is 46.1. The molecule has 2 atom stereocenters. The van der Waals surface area contributed by atoms with E-state index in [0.29, 0.717) is 61.3 Å². The second kappa shape index (κ2) is 13.9. The van der Waals surface area contributed by atoms with Gasteiger partial charge in [-0.05, 0) is 79.4 Å². The third kappa shape index (κ3) is 6.69. The van der Waals surface area contributed by atoms with Crippen LogP contribution < -0.4 is 23.8 Å². The maximum atomic E-state index is 14.2. The zero-order valence-corrected chi connectivity index (χ0v) is 26.6. The number of carbonyl (C=O) groups is 3. The van der Waals surface area contributed by atoms with Crippen LogP contribution in [0.15, 0.2) is 60.7 Å². The standard InChI is InChI=1S/C35H41N3O7/c1-23-7-6-8-29(24(23)2)45-22-33(40)36-17-19-37(20-18-36)35(41)28-14-16-32(39)38(26-10-12-27(42-3)13-11-26)34(28)25-9-15-30(43-4)31(21-25)44-5/h6-13,15,21,28,34H,14,16-20,22H2,1-5H3. The minimum atomic E-state index is -0.572. The summed E-state index contributed by atoms with van der Waals surface area (Å²) in [7, 11) is 4.72. The van der Waals surface area contributed by atoms with E-state index in [1.165, 1.54) is 0 Å². The van der Waals surface area contributed by atoms with Crippen molar-refractivity contribution in [2.75, 3.05) is 59.0 Å². The van der Waals surface area contributed by atoms with E-state index in [1.54, 1.807) is 49.3 Å². The second-order valence-electron chi connectivity index (χ2n) is 11.4. The summed E-state index contributed by atoms with van der Waals surface area (Å²) in [6, 6.07) is 18.0. The van der Waals surface area contributed by atoms with E-state index >= 15 is 0 Å². The zero-order valence-electron chi connectivity index (χ0n) is 26.6. The number of piperidine rings is 1. The predicted molar refractivity (Wildman–Crippen MR) is 170 cm³/mol. The van der Waals surface area contributed by atoms with Gasteiger partial charge in [0.1, 0.15) is 11.5 Å². The molecular weight excluding hydrogens is 574 g/mol. The van der Waals surface area contributed by atoms with E-state index in [9.17, 15) is 14.4 Å². The lowest BCUT2D eigenvalue weighted by Crippen LogP contribution is -2.55. The molecule has 2 fully saturated rings. The van der Waals surface area contributed by atoms with Gasteiger partial charge in [0.05, 0.1) is 33.3 Å². The third-order valence-corrected chi connectivity index (χ3v) is 8.86. The predicted octanol–water partition coefficient (Wildman–Crippen LogP) is 4.56. The average molecular weight is 616 g/mol. The van der Waals surface area contributed by atoms with Crippen LogP contribution in [0, 0.1) is 19.8 Å². The third-order valence-electron chi connectivity index (χ3n) is 8.86. The highest BCUT2D eigenvalue weighted by Gasteiger charge is 2.43. The summed E-state index contributed by atoms with van der Waals surface area (Å²) in [6.45, 7) is 5.56. The molecule has 3 aromatic rings. The molecule has 238 valence electrons. The molecule has 2 heterocycles. The monoisotopic (exact) mass is 615 g/mol. The van der Waals surface area contributed by atoms with Gasteiger partial charge in [-0.2, -0.15) is 0 Å². The Balaban J connectivity index is 1.35. The van der Waals surface area contributed by atoms with Gasteiger partial charge in [-0.3, -0.25) is 14.4 Å². The van der Waals surface area contributed by atoms with E-state index in [4.69, 9.17) is 18.9 Å². The van der Waals surface area contributed by atoms with Gasteiger partial charge in [-0.1, -0.05) is 18.2 Å². The molecule has 0 aliphatic carbocycles. The lowest BCUT2D eigenvalue weighted by atomic mass is 9.82. The number of aryl methyl sites for hydroxylation is 1. The van der Waals surface area contributed by atoms with E-state index < -0.39 is 12.0 Å². The highest BCUT2D eigenvalue weighted by Crippen LogP contribution is 2.43. The molecule has 10 nitrogen and oxygen atoms in total. The number of nitrogens with zero attached hydrogens (tertiary/aromatic N) is 3. The van der Waals surface area contributed by atoms with Crippen LogP contribution in [0.3, 0.4) is 0 Å².